The fraction of sp³-hybridized carbons (Fsp3) is 0.200. The summed E-state index contributed by atoms with van der Waals surface area (Å²) in [6.07, 6.45) is 0.773. The molecule has 0 fully saturated rings. The van der Waals surface area contributed by atoms with Gasteiger partial charge in [0, 0.05) is 6.04 Å². The Labute approximate surface area is 194 Å². The van der Waals surface area contributed by atoms with Crippen LogP contribution < -0.4 is 15.4 Å². The summed E-state index contributed by atoms with van der Waals surface area (Å²) in [7, 11) is -3.89. The first-order valence-electron chi connectivity index (χ1n) is 10.6. The molecule has 33 heavy (non-hydrogen) atoms. The zero-order valence-electron chi connectivity index (χ0n) is 18.8. The molecule has 8 heteroatoms. The van der Waals surface area contributed by atoms with Gasteiger partial charge in [-0.3, -0.25) is 14.3 Å². The first-order chi connectivity index (χ1) is 15.7. The lowest BCUT2D eigenvalue weighted by Gasteiger charge is -2.16. The Morgan fingerprint density at radius 1 is 0.818 bits per heavy atom. The van der Waals surface area contributed by atoms with Crippen molar-refractivity contribution in [1.82, 2.24) is 5.32 Å². The smallest absolute Gasteiger partial charge is 0.261 e. The number of hydrogen-bond acceptors (Lipinski definition) is 4. The number of hydrogen-bond donors (Lipinski definition) is 3. The minimum Gasteiger partial charge on any atom is -0.350 e. The van der Waals surface area contributed by atoms with Gasteiger partial charge in [-0.05, 0) is 56.7 Å². The largest absolute Gasteiger partial charge is 0.350 e. The Hall–Kier alpha value is -3.65. The predicted molar refractivity (Wildman–Crippen MR) is 130 cm³/mol. The van der Waals surface area contributed by atoms with E-state index in [9.17, 15) is 18.0 Å². The average Bonchev–Trinajstić information content (AvgIpc) is 2.79. The Kier molecular flexibility index (Phi) is 7.50. The lowest BCUT2D eigenvalue weighted by atomic mass is 10.1. The van der Waals surface area contributed by atoms with Gasteiger partial charge in [-0.1, -0.05) is 48.9 Å². The van der Waals surface area contributed by atoms with Crippen molar-refractivity contribution in [2.24, 2.45) is 0 Å². The number of anilines is 2. The molecule has 0 spiro atoms. The molecular formula is C25H27N3O4S. The zero-order valence-corrected chi connectivity index (χ0v) is 19.6. The quantitative estimate of drug-likeness (QED) is 0.453. The molecule has 0 saturated heterocycles. The van der Waals surface area contributed by atoms with Crippen LogP contribution in [-0.2, 0) is 10.0 Å². The Morgan fingerprint density at radius 3 is 1.97 bits per heavy atom. The van der Waals surface area contributed by atoms with Crippen LogP contribution in [0.1, 0.15) is 46.5 Å². The summed E-state index contributed by atoms with van der Waals surface area (Å²) in [4.78, 5) is 25.8. The molecule has 3 rings (SSSR count). The topological polar surface area (TPSA) is 104 Å². The van der Waals surface area contributed by atoms with Crippen LogP contribution in [0, 0.1) is 6.92 Å². The van der Waals surface area contributed by atoms with Crippen LogP contribution >= 0.6 is 0 Å². The number of aryl methyl sites for hydroxylation is 1. The first-order valence-corrected chi connectivity index (χ1v) is 12.1. The van der Waals surface area contributed by atoms with Gasteiger partial charge in [0.2, 0.25) is 0 Å². The molecule has 1 atom stereocenters. The van der Waals surface area contributed by atoms with Gasteiger partial charge in [0.05, 0.1) is 27.4 Å². The maximum absolute atomic E-state index is 13.1. The minimum atomic E-state index is -3.89. The summed E-state index contributed by atoms with van der Waals surface area (Å²) in [6, 6.07) is 19.4. The second kappa shape index (κ2) is 10.3. The third-order valence-electron chi connectivity index (χ3n) is 5.16. The van der Waals surface area contributed by atoms with Crippen LogP contribution in [0.5, 0.6) is 0 Å². The Morgan fingerprint density at radius 2 is 1.36 bits per heavy atom. The van der Waals surface area contributed by atoms with E-state index in [4.69, 9.17) is 0 Å². The van der Waals surface area contributed by atoms with Gasteiger partial charge in [0.25, 0.3) is 21.8 Å². The fourth-order valence-electron chi connectivity index (χ4n) is 3.07. The van der Waals surface area contributed by atoms with E-state index in [0.29, 0.717) is 11.3 Å². The van der Waals surface area contributed by atoms with E-state index in [1.165, 1.54) is 24.3 Å². The van der Waals surface area contributed by atoms with E-state index in [1.54, 1.807) is 48.5 Å². The first kappa shape index (κ1) is 24.0. The van der Waals surface area contributed by atoms with Gasteiger partial charge in [-0.15, -0.1) is 0 Å². The summed E-state index contributed by atoms with van der Waals surface area (Å²) >= 11 is 0. The molecule has 0 aliphatic carbocycles. The molecule has 0 heterocycles. The fourth-order valence-corrected chi connectivity index (χ4v) is 4.15. The summed E-state index contributed by atoms with van der Waals surface area (Å²) in [6.45, 7) is 5.73. The van der Waals surface area contributed by atoms with Crippen molar-refractivity contribution in [2.45, 2.75) is 38.1 Å². The van der Waals surface area contributed by atoms with Gasteiger partial charge in [0.1, 0.15) is 0 Å². The normalized spacial score (nSPS) is 12.0. The number of nitrogens with one attached hydrogen (secondary N) is 3. The number of amides is 2. The highest BCUT2D eigenvalue weighted by Crippen LogP contribution is 2.23. The molecule has 0 aliphatic rings. The molecule has 0 aliphatic heterocycles. The van der Waals surface area contributed by atoms with Gasteiger partial charge in [-0.25, -0.2) is 8.42 Å². The highest BCUT2D eigenvalue weighted by Gasteiger charge is 2.20. The molecule has 0 radical (unpaired) electrons. The second-order valence-electron chi connectivity index (χ2n) is 7.75. The standard InChI is InChI=1S/C25H27N3O4S/c1-4-18(3)26-24(29)20-9-5-7-11-22(20)27-25(30)21-10-6-8-12-23(21)28-33(31,32)19-15-13-17(2)14-16-19/h5-16,18,28H,4H2,1-3H3,(H,26,29)(H,27,30)/t18-/m1/s1. The minimum absolute atomic E-state index is 0.0156. The van der Waals surface area contributed by atoms with E-state index >= 15 is 0 Å². The lowest BCUT2D eigenvalue weighted by Crippen LogP contribution is -2.32. The number of para-hydroxylation sites is 2. The maximum Gasteiger partial charge on any atom is 0.261 e. The van der Waals surface area contributed by atoms with E-state index in [0.717, 1.165) is 12.0 Å². The second-order valence-corrected chi connectivity index (χ2v) is 9.43. The molecular weight excluding hydrogens is 438 g/mol. The monoisotopic (exact) mass is 465 g/mol. The summed E-state index contributed by atoms with van der Waals surface area (Å²) in [5.74, 6) is -0.838. The van der Waals surface area contributed by atoms with E-state index in [2.05, 4.69) is 15.4 Å². The van der Waals surface area contributed by atoms with Crippen molar-refractivity contribution in [3.05, 3.63) is 89.5 Å². The molecule has 2 amide bonds. The van der Waals surface area contributed by atoms with Crippen LogP contribution in [0.4, 0.5) is 11.4 Å². The molecule has 0 saturated carbocycles. The van der Waals surface area contributed by atoms with Crippen LogP contribution in [0.2, 0.25) is 0 Å². The number of sulfonamides is 1. The van der Waals surface area contributed by atoms with Crippen LogP contribution in [0.3, 0.4) is 0 Å². The van der Waals surface area contributed by atoms with E-state index in [-0.39, 0.29) is 28.1 Å². The molecule has 3 N–H and O–H groups in total. The number of carbonyl (C=O) groups is 2. The van der Waals surface area contributed by atoms with Crippen molar-refractivity contribution in [3.8, 4) is 0 Å². The summed E-state index contributed by atoms with van der Waals surface area (Å²) in [5.41, 5.74) is 1.86. The molecule has 0 bridgehead atoms. The number of rotatable bonds is 8. The molecule has 0 unspecified atom stereocenters. The lowest BCUT2D eigenvalue weighted by molar-refractivity contribution is 0.0940. The van der Waals surface area contributed by atoms with Crippen molar-refractivity contribution in [1.29, 1.82) is 0 Å². The van der Waals surface area contributed by atoms with E-state index < -0.39 is 15.9 Å². The predicted octanol–water partition coefficient (Wildman–Crippen LogP) is 4.58. The molecule has 3 aromatic rings. The average molecular weight is 466 g/mol. The van der Waals surface area contributed by atoms with Crippen LogP contribution in [-0.4, -0.2) is 26.3 Å². The van der Waals surface area contributed by atoms with Gasteiger partial charge >= 0.3 is 0 Å². The van der Waals surface area contributed by atoms with Crippen LogP contribution in [0.15, 0.2) is 77.7 Å². The van der Waals surface area contributed by atoms with Gasteiger partial charge in [0.15, 0.2) is 0 Å². The highest BCUT2D eigenvalue weighted by atomic mass is 32.2. The molecule has 172 valence electrons. The van der Waals surface area contributed by atoms with Gasteiger partial charge < -0.3 is 10.6 Å². The molecule has 0 aromatic heterocycles. The zero-order chi connectivity index (χ0) is 24.0. The van der Waals surface area contributed by atoms with Gasteiger partial charge in [-0.2, -0.15) is 0 Å². The Bertz CT molecular complexity index is 1250. The summed E-state index contributed by atoms with van der Waals surface area (Å²) < 4.78 is 28.1. The maximum atomic E-state index is 13.1. The number of benzene rings is 3. The third kappa shape index (κ3) is 5.98. The van der Waals surface area contributed by atoms with Crippen molar-refractivity contribution in [3.63, 3.8) is 0 Å². The highest BCUT2D eigenvalue weighted by molar-refractivity contribution is 7.92. The summed E-state index contributed by atoms with van der Waals surface area (Å²) in [5, 5.41) is 5.62. The van der Waals surface area contributed by atoms with Crippen molar-refractivity contribution in [2.75, 3.05) is 10.0 Å². The molecule has 7 nitrogen and oxygen atoms in total. The van der Waals surface area contributed by atoms with Crippen LogP contribution in [0.25, 0.3) is 0 Å². The number of carbonyl (C=O) groups excluding carboxylic acids is 2. The van der Waals surface area contributed by atoms with Crippen molar-refractivity contribution < 1.29 is 18.0 Å². The van der Waals surface area contributed by atoms with E-state index in [1.807, 2.05) is 20.8 Å². The van der Waals surface area contributed by atoms with Crippen molar-refractivity contribution >= 4 is 33.2 Å². The third-order valence-corrected chi connectivity index (χ3v) is 6.54. The SMILES string of the molecule is CC[C@@H](C)NC(=O)c1ccccc1NC(=O)c1ccccc1NS(=O)(=O)c1ccc(C)cc1. The Balaban J connectivity index is 1.86. The molecule has 3 aromatic carbocycles.